The number of nitrogens with zero attached hydrogens (tertiary/aromatic N) is 2. The van der Waals surface area contributed by atoms with E-state index in [1.54, 1.807) is 0 Å². The van der Waals surface area contributed by atoms with Crippen LogP contribution in [0.25, 0.3) is 6.08 Å². The van der Waals surface area contributed by atoms with E-state index in [1.807, 2.05) is 32.3 Å². The van der Waals surface area contributed by atoms with E-state index in [-0.39, 0.29) is 11.3 Å². The topological polar surface area (TPSA) is 35.6 Å². The molecule has 0 bridgehead atoms. The normalized spacial score (nSPS) is 22.6. The number of carbonyl (C=O) groups excluding carboxylic acids is 1. The summed E-state index contributed by atoms with van der Waals surface area (Å²) in [5, 5.41) is 3.25. The summed E-state index contributed by atoms with van der Waals surface area (Å²) in [6.45, 7) is 4.79. The van der Waals surface area contributed by atoms with Crippen LogP contribution in [0.1, 0.15) is 25.0 Å². The molecule has 2 aromatic rings. The number of para-hydroxylation sites is 1. The van der Waals surface area contributed by atoms with Gasteiger partial charge in [-0.15, -0.1) is 0 Å². The fourth-order valence-corrected chi connectivity index (χ4v) is 4.38. The molecular weight excluding hydrogens is 346 g/mol. The quantitative estimate of drug-likeness (QED) is 0.825. The van der Waals surface area contributed by atoms with E-state index >= 15 is 0 Å². The second-order valence-corrected chi connectivity index (χ2v) is 8.25. The molecule has 4 heteroatoms. The predicted molar refractivity (Wildman–Crippen MR) is 117 cm³/mol. The highest BCUT2D eigenvalue weighted by atomic mass is 16.2. The van der Waals surface area contributed by atoms with Crippen molar-refractivity contribution in [3.05, 3.63) is 77.9 Å². The smallest absolute Gasteiger partial charge is 0.241 e. The summed E-state index contributed by atoms with van der Waals surface area (Å²) >= 11 is 0. The summed E-state index contributed by atoms with van der Waals surface area (Å²) in [4.78, 5) is 16.6. The van der Waals surface area contributed by atoms with Gasteiger partial charge in [0.2, 0.25) is 5.91 Å². The molecule has 1 amide bonds. The number of anilines is 2. The maximum atomic E-state index is 12.3. The van der Waals surface area contributed by atoms with Gasteiger partial charge in [-0.25, -0.2) is 0 Å². The van der Waals surface area contributed by atoms with E-state index in [9.17, 15) is 4.79 Å². The molecule has 1 atom stereocenters. The third-order valence-electron chi connectivity index (χ3n) is 6.03. The van der Waals surface area contributed by atoms with Gasteiger partial charge in [0.25, 0.3) is 0 Å². The summed E-state index contributed by atoms with van der Waals surface area (Å²) < 4.78 is 0. The van der Waals surface area contributed by atoms with E-state index in [0.29, 0.717) is 6.54 Å². The van der Waals surface area contributed by atoms with Gasteiger partial charge in [-0.1, -0.05) is 62.4 Å². The van der Waals surface area contributed by atoms with Gasteiger partial charge in [0.05, 0.1) is 6.54 Å². The van der Waals surface area contributed by atoms with Crippen LogP contribution in [0.4, 0.5) is 11.4 Å². The average Bonchev–Trinajstić information content (AvgIpc) is 3.10. The summed E-state index contributed by atoms with van der Waals surface area (Å²) in [6.07, 6.45) is 8.30. The Morgan fingerprint density at radius 1 is 1.04 bits per heavy atom. The molecule has 1 fully saturated rings. The second kappa shape index (κ2) is 6.55. The van der Waals surface area contributed by atoms with E-state index in [1.165, 1.54) is 11.3 Å². The Hall–Kier alpha value is -3.01. The summed E-state index contributed by atoms with van der Waals surface area (Å²) in [7, 11) is 4.08. The molecule has 4 nitrogen and oxygen atoms in total. The van der Waals surface area contributed by atoms with Gasteiger partial charge in [-0.2, -0.15) is 0 Å². The molecule has 0 spiro atoms. The molecule has 0 saturated carbocycles. The largest absolute Gasteiger partial charge is 0.378 e. The van der Waals surface area contributed by atoms with Crippen molar-refractivity contribution in [2.24, 2.45) is 0 Å². The summed E-state index contributed by atoms with van der Waals surface area (Å²) in [6, 6.07) is 16.8. The maximum Gasteiger partial charge on any atom is 0.241 e. The van der Waals surface area contributed by atoms with Crippen molar-refractivity contribution in [3.63, 3.8) is 0 Å². The van der Waals surface area contributed by atoms with Gasteiger partial charge in [0.15, 0.2) is 0 Å². The Balaban J connectivity index is 1.61. The first-order valence-corrected chi connectivity index (χ1v) is 9.67. The van der Waals surface area contributed by atoms with Crippen molar-refractivity contribution in [1.29, 1.82) is 0 Å². The zero-order valence-corrected chi connectivity index (χ0v) is 16.9. The summed E-state index contributed by atoms with van der Waals surface area (Å²) in [5.41, 5.74) is 3.97. The molecule has 0 aliphatic carbocycles. The second-order valence-electron chi connectivity index (χ2n) is 8.25. The lowest BCUT2D eigenvalue weighted by Gasteiger charge is -2.40. The number of rotatable bonds is 4. The van der Waals surface area contributed by atoms with E-state index in [2.05, 4.69) is 83.6 Å². The first kappa shape index (κ1) is 18.4. The number of nitrogens with one attached hydrogen (secondary N) is 1. The van der Waals surface area contributed by atoms with Gasteiger partial charge in [0, 0.05) is 30.9 Å². The van der Waals surface area contributed by atoms with Crippen molar-refractivity contribution >= 4 is 23.4 Å². The Morgan fingerprint density at radius 3 is 2.46 bits per heavy atom. The molecule has 1 N–H and O–H groups in total. The first-order chi connectivity index (χ1) is 13.3. The lowest BCUT2D eigenvalue weighted by Crippen LogP contribution is -2.58. The minimum atomic E-state index is -0.535. The molecule has 144 valence electrons. The van der Waals surface area contributed by atoms with Crippen LogP contribution in [0.5, 0.6) is 0 Å². The molecule has 2 aliphatic rings. The van der Waals surface area contributed by atoms with Crippen molar-refractivity contribution in [3.8, 4) is 0 Å². The van der Waals surface area contributed by atoms with Gasteiger partial charge in [-0.3, -0.25) is 4.79 Å². The number of carbonyl (C=O) groups is 1. The Bertz CT molecular complexity index is 956. The average molecular weight is 374 g/mol. The van der Waals surface area contributed by atoms with Crippen LogP contribution in [0.15, 0.2) is 66.8 Å². The predicted octanol–water partition coefficient (Wildman–Crippen LogP) is 3.95. The number of hydrogen-bond acceptors (Lipinski definition) is 3. The highest BCUT2D eigenvalue weighted by Crippen LogP contribution is 2.52. The van der Waals surface area contributed by atoms with Crippen LogP contribution in [-0.2, 0) is 10.2 Å². The van der Waals surface area contributed by atoms with Crippen molar-refractivity contribution in [2.75, 3.05) is 30.4 Å². The third-order valence-corrected chi connectivity index (χ3v) is 6.03. The maximum absolute atomic E-state index is 12.3. The summed E-state index contributed by atoms with van der Waals surface area (Å²) in [5.74, 6) is 0.0653. The fraction of sp³-hybridized carbons (Fsp3) is 0.292. The number of fused-ring (bicyclic) bond motifs is 3. The standard InChI is InChI=1S/C24H27N3O/c1-23(2)20-10-5-6-11-21(20)27-17-22(28)25-24(23,27)16-8-7-9-18-12-14-19(15-13-18)26(3)4/h5-16H,17H2,1-4H3,(H,25,28)/b9-7+,16-8+. The molecule has 0 aromatic heterocycles. The van der Waals surface area contributed by atoms with Crippen LogP contribution >= 0.6 is 0 Å². The number of hydrogen-bond donors (Lipinski definition) is 1. The molecule has 28 heavy (non-hydrogen) atoms. The lowest BCUT2D eigenvalue weighted by atomic mass is 9.75. The molecule has 2 aromatic carbocycles. The van der Waals surface area contributed by atoms with Gasteiger partial charge in [-0.05, 0) is 35.4 Å². The minimum Gasteiger partial charge on any atom is -0.378 e. The van der Waals surface area contributed by atoms with Crippen LogP contribution in [0.2, 0.25) is 0 Å². The highest BCUT2D eigenvalue weighted by Gasteiger charge is 2.59. The lowest BCUT2D eigenvalue weighted by molar-refractivity contribution is -0.118. The Morgan fingerprint density at radius 2 is 1.75 bits per heavy atom. The third kappa shape index (κ3) is 2.71. The minimum absolute atomic E-state index is 0.0653. The molecule has 2 aliphatic heterocycles. The molecular formula is C24H27N3O. The van der Waals surface area contributed by atoms with Crippen molar-refractivity contribution in [2.45, 2.75) is 24.9 Å². The monoisotopic (exact) mass is 373 g/mol. The van der Waals surface area contributed by atoms with E-state index in [0.717, 1.165) is 11.3 Å². The van der Waals surface area contributed by atoms with Gasteiger partial charge in [0.1, 0.15) is 5.66 Å². The molecule has 4 rings (SSSR count). The fourth-order valence-electron chi connectivity index (χ4n) is 4.38. The van der Waals surface area contributed by atoms with Crippen LogP contribution < -0.4 is 15.1 Å². The van der Waals surface area contributed by atoms with Gasteiger partial charge < -0.3 is 15.1 Å². The van der Waals surface area contributed by atoms with E-state index in [4.69, 9.17) is 0 Å². The zero-order chi connectivity index (χ0) is 19.9. The highest BCUT2D eigenvalue weighted by molar-refractivity contribution is 5.91. The number of amides is 1. The number of allylic oxidation sites excluding steroid dienone is 2. The van der Waals surface area contributed by atoms with Crippen LogP contribution in [-0.4, -0.2) is 32.2 Å². The molecule has 2 heterocycles. The number of benzene rings is 2. The molecule has 0 radical (unpaired) electrons. The van der Waals surface area contributed by atoms with Crippen molar-refractivity contribution < 1.29 is 4.79 Å². The Kier molecular flexibility index (Phi) is 4.30. The van der Waals surface area contributed by atoms with Gasteiger partial charge >= 0.3 is 0 Å². The van der Waals surface area contributed by atoms with Crippen molar-refractivity contribution in [1.82, 2.24) is 5.32 Å². The zero-order valence-electron chi connectivity index (χ0n) is 16.9. The SMILES string of the molecule is CN(C)c1ccc(/C=C/C=C/C23NC(=O)CN2c2ccccc2C3(C)C)cc1. The van der Waals surface area contributed by atoms with Crippen LogP contribution in [0, 0.1) is 0 Å². The first-order valence-electron chi connectivity index (χ1n) is 9.67. The van der Waals surface area contributed by atoms with E-state index < -0.39 is 5.66 Å². The molecule has 1 saturated heterocycles. The van der Waals surface area contributed by atoms with Crippen LogP contribution in [0.3, 0.4) is 0 Å². The molecule has 1 unspecified atom stereocenters. The Labute approximate surface area is 167 Å².